The fraction of sp³-hybridized carbons (Fsp3) is 0.167. The van der Waals surface area contributed by atoms with Gasteiger partial charge in [0, 0.05) is 18.6 Å². The van der Waals surface area contributed by atoms with Crippen LogP contribution in [-0.4, -0.2) is 23.7 Å². The zero-order chi connectivity index (χ0) is 11.8. The van der Waals surface area contributed by atoms with E-state index in [1.165, 1.54) is 0 Å². The van der Waals surface area contributed by atoms with Gasteiger partial charge in [-0.2, -0.15) is 0 Å². The summed E-state index contributed by atoms with van der Waals surface area (Å²) in [6.45, 7) is 0.243. The minimum Gasteiger partial charge on any atom is -0.478 e. The molecule has 0 amide bonds. The summed E-state index contributed by atoms with van der Waals surface area (Å²) in [6.07, 6.45) is 2.27. The Morgan fingerprint density at radius 1 is 1.19 bits per heavy atom. The molecule has 1 aromatic carbocycles. The van der Waals surface area contributed by atoms with Crippen molar-refractivity contribution in [3.05, 3.63) is 48.0 Å². The summed E-state index contributed by atoms with van der Waals surface area (Å²) in [5.74, 6) is -1.81. The molecule has 16 heavy (non-hydrogen) atoms. The number of esters is 1. The molecule has 0 bridgehead atoms. The van der Waals surface area contributed by atoms with Crippen LogP contribution in [0, 0.1) is 0 Å². The number of carbonyl (C=O) groups excluding carboxylic acids is 1. The van der Waals surface area contributed by atoms with E-state index in [9.17, 15) is 9.59 Å². The zero-order valence-corrected chi connectivity index (χ0v) is 8.63. The maximum absolute atomic E-state index is 11.0. The highest BCUT2D eigenvalue weighted by Gasteiger charge is 1.98. The summed E-state index contributed by atoms with van der Waals surface area (Å²) in [5.41, 5.74) is 1.07. The lowest BCUT2D eigenvalue weighted by molar-refractivity contribution is -0.138. The lowest BCUT2D eigenvalue weighted by Crippen LogP contribution is -2.05. The molecular weight excluding hydrogens is 208 g/mol. The van der Waals surface area contributed by atoms with Gasteiger partial charge in [-0.15, -0.1) is 0 Å². The Balaban J connectivity index is 2.26. The average molecular weight is 220 g/mol. The van der Waals surface area contributed by atoms with Gasteiger partial charge in [0.15, 0.2) is 0 Å². The molecule has 0 aliphatic carbocycles. The molecule has 0 aliphatic rings. The Morgan fingerprint density at radius 3 is 2.50 bits per heavy atom. The number of carboxylic acid groups (broad SMARTS) is 1. The van der Waals surface area contributed by atoms with E-state index in [0.29, 0.717) is 6.42 Å². The van der Waals surface area contributed by atoms with Crippen LogP contribution in [-0.2, 0) is 20.7 Å². The zero-order valence-electron chi connectivity index (χ0n) is 8.63. The van der Waals surface area contributed by atoms with Crippen molar-refractivity contribution >= 4 is 11.9 Å². The van der Waals surface area contributed by atoms with E-state index >= 15 is 0 Å². The van der Waals surface area contributed by atoms with Crippen LogP contribution in [0.15, 0.2) is 42.5 Å². The largest absolute Gasteiger partial charge is 0.478 e. The summed E-state index contributed by atoms with van der Waals surface area (Å²) >= 11 is 0. The lowest BCUT2D eigenvalue weighted by atomic mass is 10.2. The van der Waals surface area contributed by atoms with Gasteiger partial charge in [0.2, 0.25) is 0 Å². The molecule has 0 spiro atoms. The molecule has 1 N–H and O–H groups in total. The Labute approximate surface area is 93.2 Å². The smallest absolute Gasteiger partial charge is 0.331 e. The van der Waals surface area contributed by atoms with Crippen LogP contribution in [0.3, 0.4) is 0 Å². The summed E-state index contributed by atoms with van der Waals surface area (Å²) in [5, 5.41) is 8.27. The number of hydrogen-bond acceptors (Lipinski definition) is 3. The maximum atomic E-state index is 11.0. The summed E-state index contributed by atoms with van der Waals surface area (Å²) in [6, 6.07) is 9.58. The molecule has 0 unspecified atom stereocenters. The monoisotopic (exact) mass is 220 g/mol. The van der Waals surface area contributed by atoms with Gasteiger partial charge in [-0.05, 0) is 5.56 Å². The van der Waals surface area contributed by atoms with Crippen molar-refractivity contribution in [1.29, 1.82) is 0 Å². The molecule has 0 aliphatic heterocycles. The number of aliphatic carboxylic acids is 1. The first-order chi connectivity index (χ1) is 7.68. The van der Waals surface area contributed by atoms with E-state index in [4.69, 9.17) is 9.84 Å². The van der Waals surface area contributed by atoms with Crippen LogP contribution in [0.5, 0.6) is 0 Å². The Hall–Kier alpha value is -2.10. The van der Waals surface area contributed by atoms with E-state index in [1.807, 2.05) is 30.3 Å². The quantitative estimate of drug-likeness (QED) is 0.602. The molecule has 1 aromatic rings. The first-order valence-corrected chi connectivity index (χ1v) is 4.80. The Kier molecular flexibility index (Phi) is 4.79. The third kappa shape index (κ3) is 4.95. The van der Waals surface area contributed by atoms with Crippen LogP contribution < -0.4 is 0 Å². The second-order valence-electron chi connectivity index (χ2n) is 3.07. The van der Waals surface area contributed by atoms with Gasteiger partial charge in [0.1, 0.15) is 0 Å². The predicted molar refractivity (Wildman–Crippen MR) is 57.9 cm³/mol. The van der Waals surface area contributed by atoms with Gasteiger partial charge >= 0.3 is 11.9 Å². The van der Waals surface area contributed by atoms with E-state index < -0.39 is 11.9 Å². The highest BCUT2D eigenvalue weighted by molar-refractivity contribution is 5.90. The SMILES string of the molecule is O=C(O)/C=C\C(=O)OCCc1ccccc1. The minimum atomic E-state index is -1.17. The van der Waals surface area contributed by atoms with Gasteiger partial charge in [0.25, 0.3) is 0 Å². The van der Waals surface area contributed by atoms with Gasteiger partial charge in [0.05, 0.1) is 6.61 Å². The summed E-state index contributed by atoms with van der Waals surface area (Å²) in [4.78, 5) is 21.1. The second-order valence-corrected chi connectivity index (χ2v) is 3.07. The number of hydrogen-bond donors (Lipinski definition) is 1. The molecule has 0 fully saturated rings. The minimum absolute atomic E-state index is 0.243. The molecule has 0 saturated heterocycles. The van der Waals surface area contributed by atoms with E-state index in [1.54, 1.807) is 0 Å². The second kappa shape index (κ2) is 6.40. The number of benzene rings is 1. The molecule has 0 radical (unpaired) electrons. The standard InChI is InChI=1S/C12H12O4/c13-11(14)6-7-12(15)16-9-8-10-4-2-1-3-5-10/h1-7H,8-9H2,(H,13,14)/b7-6-. The molecule has 0 aromatic heterocycles. The van der Waals surface area contributed by atoms with Gasteiger partial charge < -0.3 is 9.84 Å². The van der Waals surface area contributed by atoms with Crippen LogP contribution in [0.25, 0.3) is 0 Å². The van der Waals surface area contributed by atoms with Crippen molar-refractivity contribution in [1.82, 2.24) is 0 Å². The highest BCUT2D eigenvalue weighted by Crippen LogP contribution is 1.99. The molecule has 0 saturated carbocycles. The van der Waals surface area contributed by atoms with Crippen molar-refractivity contribution in [2.75, 3.05) is 6.61 Å². The molecule has 0 heterocycles. The van der Waals surface area contributed by atoms with Crippen LogP contribution in [0.2, 0.25) is 0 Å². The molecule has 84 valence electrons. The first-order valence-electron chi connectivity index (χ1n) is 4.80. The number of ether oxygens (including phenoxy) is 1. The average Bonchev–Trinajstić information content (AvgIpc) is 2.28. The summed E-state index contributed by atoms with van der Waals surface area (Å²) < 4.78 is 4.81. The maximum Gasteiger partial charge on any atom is 0.331 e. The molecule has 0 atom stereocenters. The predicted octanol–water partition coefficient (Wildman–Crippen LogP) is 1.41. The van der Waals surface area contributed by atoms with Crippen molar-refractivity contribution in [3.63, 3.8) is 0 Å². The third-order valence-corrected chi connectivity index (χ3v) is 1.84. The third-order valence-electron chi connectivity index (χ3n) is 1.84. The highest BCUT2D eigenvalue weighted by atomic mass is 16.5. The van der Waals surface area contributed by atoms with E-state index in [-0.39, 0.29) is 6.61 Å². The van der Waals surface area contributed by atoms with Crippen molar-refractivity contribution in [2.45, 2.75) is 6.42 Å². The van der Waals surface area contributed by atoms with Crippen LogP contribution in [0.4, 0.5) is 0 Å². The number of rotatable bonds is 5. The molecule has 1 rings (SSSR count). The Morgan fingerprint density at radius 2 is 1.88 bits per heavy atom. The number of carbonyl (C=O) groups is 2. The van der Waals surface area contributed by atoms with Crippen LogP contribution in [0.1, 0.15) is 5.56 Å². The van der Waals surface area contributed by atoms with Gasteiger partial charge in [-0.1, -0.05) is 30.3 Å². The van der Waals surface area contributed by atoms with Crippen molar-refractivity contribution in [2.24, 2.45) is 0 Å². The number of carboxylic acids is 1. The molecule has 4 heteroatoms. The summed E-state index contributed by atoms with van der Waals surface area (Å²) in [7, 11) is 0. The van der Waals surface area contributed by atoms with Gasteiger partial charge in [-0.25, -0.2) is 9.59 Å². The Bertz CT molecular complexity index is 381. The fourth-order valence-corrected chi connectivity index (χ4v) is 1.10. The van der Waals surface area contributed by atoms with Crippen molar-refractivity contribution < 1.29 is 19.4 Å². The molecule has 4 nitrogen and oxygen atoms in total. The fourth-order valence-electron chi connectivity index (χ4n) is 1.10. The van der Waals surface area contributed by atoms with Gasteiger partial charge in [-0.3, -0.25) is 0 Å². The topological polar surface area (TPSA) is 63.6 Å². The molecular formula is C12H12O4. The normalized spacial score (nSPS) is 10.2. The van der Waals surface area contributed by atoms with Crippen molar-refractivity contribution in [3.8, 4) is 0 Å². The lowest BCUT2D eigenvalue weighted by Gasteiger charge is -2.01. The van der Waals surface area contributed by atoms with E-state index in [2.05, 4.69) is 0 Å². The van der Waals surface area contributed by atoms with Crippen LogP contribution >= 0.6 is 0 Å². The first kappa shape index (κ1) is 12.0. The van der Waals surface area contributed by atoms with E-state index in [0.717, 1.165) is 17.7 Å².